The summed E-state index contributed by atoms with van der Waals surface area (Å²) in [5, 5.41) is 9.55. The van der Waals surface area contributed by atoms with Gasteiger partial charge in [0.2, 0.25) is 0 Å². The van der Waals surface area contributed by atoms with Crippen LogP contribution in [0.15, 0.2) is 12.1 Å². The van der Waals surface area contributed by atoms with Crippen molar-refractivity contribution in [2.75, 3.05) is 0 Å². The van der Waals surface area contributed by atoms with Crippen molar-refractivity contribution >= 4 is 17.6 Å². The van der Waals surface area contributed by atoms with Crippen molar-refractivity contribution in [2.45, 2.75) is 38.1 Å². The lowest BCUT2D eigenvalue weighted by Gasteiger charge is -2.19. The topological polar surface area (TPSA) is 63.3 Å². The van der Waals surface area contributed by atoms with Gasteiger partial charge in [-0.1, -0.05) is 17.7 Å². The molecule has 0 aromatic heterocycles. The van der Waals surface area contributed by atoms with E-state index in [1.807, 2.05) is 6.07 Å². The van der Waals surface area contributed by atoms with E-state index in [2.05, 4.69) is 6.07 Å². The molecule has 1 aromatic carbocycles. The largest absolute Gasteiger partial charge is 0.480 e. The van der Waals surface area contributed by atoms with Crippen LogP contribution in [0.3, 0.4) is 0 Å². The highest BCUT2D eigenvalue weighted by molar-refractivity contribution is 6.31. The van der Waals surface area contributed by atoms with Crippen molar-refractivity contribution in [1.29, 1.82) is 0 Å². The molecule has 1 atom stereocenters. The lowest BCUT2D eigenvalue weighted by Crippen LogP contribution is -2.32. The molecule has 0 fully saturated rings. The third-order valence-corrected chi connectivity index (χ3v) is 3.58. The fourth-order valence-electron chi connectivity index (χ4n) is 2.34. The number of aliphatic carboxylic acids is 1. The molecule has 0 saturated heterocycles. The SMILES string of the molecule is NC(Cc1cc(Cl)c2c(c1)CCCC2)C(=O)O. The Kier molecular flexibility index (Phi) is 3.69. The van der Waals surface area contributed by atoms with Crippen LogP contribution in [0.4, 0.5) is 0 Å². The lowest BCUT2D eigenvalue weighted by molar-refractivity contribution is -0.138. The molecule has 0 spiro atoms. The van der Waals surface area contributed by atoms with E-state index in [0.29, 0.717) is 6.42 Å². The zero-order valence-corrected chi connectivity index (χ0v) is 10.3. The molecule has 1 aliphatic rings. The van der Waals surface area contributed by atoms with Crippen molar-refractivity contribution < 1.29 is 9.90 Å². The van der Waals surface area contributed by atoms with Gasteiger partial charge >= 0.3 is 5.97 Å². The predicted molar refractivity (Wildman–Crippen MR) is 67.4 cm³/mol. The highest BCUT2D eigenvalue weighted by atomic mass is 35.5. The summed E-state index contributed by atoms with van der Waals surface area (Å²) >= 11 is 6.22. The van der Waals surface area contributed by atoms with Crippen LogP contribution in [-0.4, -0.2) is 17.1 Å². The molecule has 2 rings (SSSR count). The molecule has 3 N–H and O–H groups in total. The Hall–Kier alpha value is -1.06. The van der Waals surface area contributed by atoms with Crippen LogP contribution in [0.5, 0.6) is 0 Å². The van der Waals surface area contributed by atoms with E-state index in [9.17, 15) is 4.79 Å². The Morgan fingerprint density at radius 2 is 2.12 bits per heavy atom. The number of hydrogen-bond acceptors (Lipinski definition) is 2. The summed E-state index contributed by atoms with van der Waals surface area (Å²) in [6.45, 7) is 0. The second kappa shape index (κ2) is 5.07. The van der Waals surface area contributed by atoms with Gasteiger partial charge in [-0.25, -0.2) is 0 Å². The van der Waals surface area contributed by atoms with Crippen LogP contribution in [-0.2, 0) is 24.1 Å². The highest BCUT2D eigenvalue weighted by Gasteiger charge is 2.17. The van der Waals surface area contributed by atoms with Crippen molar-refractivity contribution in [3.63, 3.8) is 0 Å². The molecular weight excluding hydrogens is 238 g/mol. The van der Waals surface area contributed by atoms with Crippen LogP contribution in [0.2, 0.25) is 5.02 Å². The van der Waals surface area contributed by atoms with Gasteiger partial charge < -0.3 is 10.8 Å². The number of carbonyl (C=O) groups is 1. The third kappa shape index (κ3) is 2.79. The van der Waals surface area contributed by atoms with Gasteiger partial charge in [-0.15, -0.1) is 0 Å². The first kappa shape index (κ1) is 12.4. The number of benzene rings is 1. The Balaban J connectivity index is 2.25. The quantitative estimate of drug-likeness (QED) is 0.868. The molecule has 0 heterocycles. The second-order valence-electron chi connectivity index (χ2n) is 4.57. The molecule has 0 bridgehead atoms. The first-order chi connectivity index (χ1) is 8.08. The molecule has 17 heavy (non-hydrogen) atoms. The van der Waals surface area contributed by atoms with E-state index in [-0.39, 0.29) is 0 Å². The molecule has 0 amide bonds. The van der Waals surface area contributed by atoms with Gasteiger partial charge in [0.15, 0.2) is 0 Å². The zero-order chi connectivity index (χ0) is 12.4. The number of hydrogen-bond donors (Lipinski definition) is 2. The van der Waals surface area contributed by atoms with Crippen molar-refractivity contribution in [3.05, 3.63) is 33.8 Å². The fourth-order valence-corrected chi connectivity index (χ4v) is 2.69. The summed E-state index contributed by atoms with van der Waals surface area (Å²) < 4.78 is 0. The average Bonchev–Trinajstić information content (AvgIpc) is 2.29. The van der Waals surface area contributed by atoms with E-state index < -0.39 is 12.0 Å². The molecule has 1 unspecified atom stereocenters. The minimum Gasteiger partial charge on any atom is -0.480 e. The molecule has 4 heteroatoms. The molecule has 0 radical (unpaired) electrons. The Morgan fingerprint density at radius 1 is 1.41 bits per heavy atom. The van der Waals surface area contributed by atoms with E-state index in [1.165, 1.54) is 24.0 Å². The molecule has 1 aromatic rings. The normalized spacial score (nSPS) is 16.4. The molecule has 0 saturated carbocycles. The van der Waals surface area contributed by atoms with Crippen molar-refractivity contribution in [1.82, 2.24) is 0 Å². The standard InChI is InChI=1S/C13H16ClNO2/c14-11-6-8(7-12(15)13(16)17)5-9-3-1-2-4-10(9)11/h5-6,12H,1-4,7,15H2,(H,16,17). The van der Waals surface area contributed by atoms with Gasteiger partial charge in [0.05, 0.1) is 0 Å². The summed E-state index contributed by atoms with van der Waals surface area (Å²) in [6.07, 6.45) is 4.76. The summed E-state index contributed by atoms with van der Waals surface area (Å²) in [5.74, 6) is -0.973. The monoisotopic (exact) mass is 253 g/mol. The van der Waals surface area contributed by atoms with Gasteiger partial charge in [0.25, 0.3) is 0 Å². The number of halogens is 1. The van der Waals surface area contributed by atoms with Crippen LogP contribution in [0, 0.1) is 0 Å². The maximum absolute atomic E-state index is 10.7. The maximum Gasteiger partial charge on any atom is 0.320 e. The van der Waals surface area contributed by atoms with Gasteiger partial charge in [-0.2, -0.15) is 0 Å². The van der Waals surface area contributed by atoms with Gasteiger partial charge in [-0.3, -0.25) is 4.79 Å². The minimum absolute atomic E-state index is 0.336. The van der Waals surface area contributed by atoms with Crippen molar-refractivity contribution in [2.24, 2.45) is 5.73 Å². The van der Waals surface area contributed by atoms with Crippen LogP contribution >= 0.6 is 11.6 Å². The zero-order valence-electron chi connectivity index (χ0n) is 9.58. The van der Waals surface area contributed by atoms with Crippen LogP contribution in [0.25, 0.3) is 0 Å². The number of carboxylic acids is 1. The second-order valence-corrected chi connectivity index (χ2v) is 4.98. The molecular formula is C13H16ClNO2. The van der Waals surface area contributed by atoms with E-state index in [4.69, 9.17) is 22.4 Å². The van der Waals surface area contributed by atoms with E-state index in [0.717, 1.165) is 23.4 Å². The smallest absolute Gasteiger partial charge is 0.320 e. The van der Waals surface area contributed by atoms with Crippen molar-refractivity contribution in [3.8, 4) is 0 Å². The van der Waals surface area contributed by atoms with Gasteiger partial charge in [0, 0.05) is 5.02 Å². The molecule has 3 nitrogen and oxygen atoms in total. The number of aryl methyl sites for hydroxylation is 1. The fraction of sp³-hybridized carbons (Fsp3) is 0.462. The molecule has 1 aliphatic carbocycles. The van der Waals surface area contributed by atoms with Gasteiger partial charge in [0.1, 0.15) is 6.04 Å². The van der Waals surface area contributed by atoms with Crippen LogP contribution in [0.1, 0.15) is 29.5 Å². The van der Waals surface area contributed by atoms with Gasteiger partial charge in [-0.05, 0) is 54.9 Å². The summed E-state index contributed by atoms with van der Waals surface area (Å²) in [5.41, 5.74) is 8.94. The summed E-state index contributed by atoms with van der Waals surface area (Å²) in [7, 11) is 0. The first-order valence-electron chi connectivity index (χ1n) is 5.86. The summed E-state index contributed by atoms with van der Waals surface area (Å²) in [6, 6.07) is 3.06. The number of rotatable bonds is 3. The van der Waals surface area contributed by atoms with E-state index in [1.54, 1.807) is 0 Å². The Morgan fingerprint density at radius 3 is 2.82 bits per heavy atom. The summed E-state index contributed by atoms with van der Waals surface area (Å²) in [4.78, 5) is 10.7. The molecule has 0 aliphatic heterocycles. The minimum atomic E-state index is -0.973. The first-order valence-corrected chi connectivity index (χ1v) is 6.24. The average molecular weight is 254 g/mol. The predicted octanol–water partition coefficient (Wildman–Crippen LogP) is 2.17. The number of carboxylic acid groups (broad SMARTS) is 1. The number of fused-ring (bicyclic) bond motifs is 1. The Labute approximate surface area is 106 Å². The lowest BCUT2D eigenvalue weighted by atomic mass is 9.89. The van der Waals surface area contributed by atoms with Crippen LogP contribution < -0.4 is 5.73 Å². The molecule has 92 valence electrons. The highest BCUT2D eigenvalue weighted by Crippen LogP contribution is 2.29. The third-order valence-electron chi connectivity index (χ3n) is 3.24. The maximum atomic E-state index is 10.7. The van der Waals surface area contributed by atoms with E-state index >= 15 is 0 Å². The Bertz CT molecular complexity index is 445. The number of nitrogens with two attached hydrogens (primary N) is 1.